The fourth-order valence-corrected chi connectivity index (χ4v) is 3.07. The fraction of sp³-hybridized carbons (Fsp3) is 0.286. The van der Waals surface area contributed by atoms with E-state index in [0.717, 1.165) is 10.4 Å². The van der Waals surface area contributed by atoms with Gasteiger partial charge in [0.05, 0.1) is 18.1 Å². The minimum atomic E-state index is -0.680. The molecule has 0 fully saturated rings. The molecule has 2 rings (SSSR count). The normalized spacial score (nSPS) is 14.1. The predicted octanol–water partition coefficient (Wildman–Crippen LogP) is 3.19. The lowest BCUT2D eigenvalue weighted by Crippen LogP contribution is -2.19. The number of methoxy groups -OCH3 is 1. The summed E-state index contributed by atoms with van der Waals surface area (Å²) in [7, 11) is 1.60. The van der Waals surface area contributed by atoms with Gasteiger partial charge in [-0.25, -0.2) is 0 Å². The van der Waals surface area contributed by atoms with Gasteiger partial charge in [0.15, 0.2) is 0 Å². The molecule has 3 N–H and O–H groups in total. The molecule has 0 saturated heterocycles. The summed E-state index contributed by atoms with van der Waals surface area (Å²) >= 11 is 7.34. The third kappa shape index (κ3) is 3.09. The number of nitrogens with two attached hydrogens (primary N) is 1. The molecule has 2 atom stereocenters. The quantitative estimate of drug-likeness (QED) is 0.891. The van der Waals surface area contributed by atoms with E-state index < -0.39 is 6.10 Å². The van der Waals surface area contributed by atoms with Crippen LogP contribution in [-0.4, -0.2) is 18.8 Å². The zero-order valence-electron chi connectivity index (χ0n) is 10.5. The number of ether oxygens (including phenoxy) is 1. The average molecular weight is 298 g/mol. The van der Waals surface area contributed by atoms with Crippen molar-refractivity contribution < 1.29 is 9.84 Å². The fourth-order valence-electron chi connectivity index (χ4n) is 2.03. The second kappa shape index (κ2) is 6.39. The maximum Gasteiger partial charge on any atom is 0.135 e. The van der Waals surface area contributed by atoms with Crippen molar-refractivity contribution in [3.05, 3.63) is 51.2 Å². The Balaban J connectivity index is 2.29. The number of hydrogen-bond donors (Lipinski definition) is 2. The highest BCUT2D eigenvalue weighted by Crippen LogP contribution is 2.38. The van der Waals surface area contributed by atoms with Crippen molar-refractivity contribution >= 4 is 22.9 Å². The molecule has 0 amide bonds. The zero-order chi connectivity index (χ0) is 13.8. The largest absolute Gasteiger partial charge is 0.495 e. The van der Waals surface area contributed by atoms with Crippen molar-refractivity contribution in [2.45, 2.75) is 12.0 Å². The molecule has 0 aliphatic heterocycles. The average Bonchev–Trinajstić information content (AvgIpc) is 2.90. The van der Waals surface area contributed by atoms with Crippen molar-refractivity contribution in [3.8, 4) is 5.75 Å². The molecule has 19 heavy (non-hydrogen) atoms. The van der Waals surface area contributed by atoms with Gasteiger partial charge >= 0.3 is 0 Å². The molecule has 2 unspecified atom stereocenters. The van der Waals surface area contributed by atoms with Crippen molar-refractivity contribution in [2.24, 2.45) is 5.73 Å². The van der Waals surface area contributed by atoms with E-state index in [1.165, 1.54) is 11.3 Å². The number of hydrogen-bond acceptors (Lipinski definition) is 4. The molecule has 5 heteroatoms. The lowest BCUT2D eigenvalue weighted by molar-refractivity contribution is 0.148. The summed E-state index contributed by atoms with van der Waals surface area (Å²) in [6, 6.07) is 9.24. The van der Waals surface area contributed by atoms with Crippen LogP contribution >= 0.6 is 22.9 Å². The smallest absolute Gasteiger partial charge is 0.135 e. The summed E-state index contributed by atoms with van der Waals surface area (Å²) in [6.45, 7) is 0.351. The standard InChI is InChI=1S/C14H16ClNO2S/c1-18-12-6-7-19-14(12)13(17)11(8-16)9-2-4-10(15)5-3-9/h2-7,11,13,17H,8,16H2,1H3. The highest BCUT2D eigenvalue weighted by atomic mass is 35.5. The van der Waals surface area contributed by atoms with Gasteiger partial charge in [0.2, 0.25) is 0 Å². The molecule has 1 heterocycles. The summed E-state index contributed by atoms with van der Waals surface area (Å²) in [6.07, 6.45) is -0.680. The highest BCUT2D eigenvalue weighted by Gasteiger charge is 2.25. The molecule has 1 aromatic carbocycles. The number of aliphatic hydroxyl groups is 1. The summed E-state index contributed by atoms with van der Waals surface area (Å²) in [5.41, 5.74) is 6.78. The van der Waals surface area contributed by atoms with E-state index in [9.17, 15) is 5.11 Å². The molecular weight excluding hydrogens is 282 g/mol. The van der Waals surface area contributed by atoms with Crippen LogP contribution < -0.4 is 10.5 Å². The third-order valence-corrected chi connectivity index (χ3v) is 4.30. The first-order valence-electron chi connectivity index (χ1n) is 5.92. The monoisotopic (exact) mass is 297 g/mol. The van der Waals surface area contributed by atoms with Gasteiger partial charge < -0.3 is 15.6 Å². The van der Waals surface area contributed by atoms with Gasteiger partial charge in [0.25, 0.3) is 0 Å². The van der Waals surface area contributed by atoms with Crippen LogP contribution in [0.1, 0.15) is 22.5 Å². The number of rotatable bonds is 5. The molecule has 0 spiro atoms. The lowest BCUT2D eigenvalue weighted by atomic mass is 9.92. The lowest BCUT2D eigenvalue weighted by Gasteiger charge is -2.22. The van der Waals surface area contributed by atoms with Crippen LogP contribution in [0.25, 0.3) is 0 Å². The zero-order valence-corrected chi connectivity index (χ0v) is 12.1. The maximum absolute atomic E-state index is 10.5. The second-order valence-electron chi connectivity index (χ2n) is 4.19. The van der Waals surface area contributed by atoms with E-state index in [0.29, 0.717) is 17.3 Å². The van der Waals surface area contributed by atoms with Crippen LogP contribution in [0.5, 0.6) is 5.75 Å². The second-order valence-corrected chi connectivity index (χ2v) is 5.58. The summed E-state index contributed by atoms with van der Waals surface area (Å²) in [5.74, 6) is 0.523. The number of benzene rings is 1. The first-order chi connectivity index (χ1) is 9.17. The molecule has 1 aromatic heterocycles. The summed E-state index contributed by atoms with van der Waals surface area (Å²) in [5, 5.41) is 13.1. The molecule has 102 valence electrons. The van der Waals surface area contributed by atoms with Crippen molar-refractivity contribution in [2.75, 3.05) is 13.7 Å². The Labute approximate surface area is 121 Å². The number of thiophene rings is 1. The van der Waals surface area contributed by atoms with Crippen LogP contribution in [0.3, 0.4) is 0 Å². The predicted molar refractivity (Wildman–Crippen MR) is 79.1 cm³/mol. The van der Waals surface area contributed by atoms with Crippen molar-refractivity contribution in [1.82, 2.24) is 0 Å². The molecule has 0 aliphatic carbocycles. The highest BCUT2D eigenvalue weighted by molar-refractivity contribution is 7.10. The summed E-state index contributed by atoms with van der Waals surface area (Å²) in [4.78, 5) is 0.799. The molecule has 3 nitrogen and oxygen atoms in total. The molecular formula is C14H16ClNO2S. The third-order valence-electron chi connectivity index (χ3n) is 3.08. The first-order valence-corrected chi connectivity index (χ1v) is 7.18. The van der Waals surface area contributed by atoms with Gasteiger partial charge in [-0.2, -0.15) is 0 Å². The molecule has 0 radical (unpaired) electrons. The van der Waals surface area contributed by atoms with Crippen LogP contribution in [0.15, 0.2) is 35.7 Å². The topological polar surface area (TPSA) is 55.5 Å². The van der Waals surface area contributed by atoms with E-state index in [2.05, 4.69) is 0 Å². The minimum absolute atomic E-state index is 0.176. The van der Waals surface area contributed by atoms with Gasteiger partial charge in [-0.3, -0.25) is 0 Å². The van der Waals surface area contributed by atoms with Gasteiger partial charge in [0, 0.05) is 17.5 Å². The summed E-state index contributed by atoms with van der Waals surface area (Å²) < 4.78 is 5.24. The van der Waals surface area contributed by atoms with E-state index in [-0.39, 0.29) is 5.92 Å². The van der Waals surface area contributed by atoms with Crippen molar-refractivity contribution in [1.29, 1.82) is 0 Å². The molecule has 0 saturated carbocycles. The molecule has 0 aliphatic rings. The van der Waals surface area contributed by atoms with Crippen LogP contribution in [-0.2, 0) is 0 Å². The van der Waals surface area contributed by atoms with Crippen LogP contribution in [0, 0.1) is 0 Å². The van der Waals surface area contributed by atoms with Gasteiger partial charge in [-0.15, -0.1) is 11.3 Å². The Kier molecular flexibility index (Phi) is 4.82. The van der Waals surface area contributed by atoms with E-state index in [4.69, 9.17) is 22.1 Å². The van der Waals surface area contributed by atoms with E-state index in [1.54, 1.807) is 19.2 Å². The van der Waals surface area contributed by atoms with E-state index >= 15 is 0 Å². The number of aliphatic hydroxyl groups excluding tert-OH is 1. The van der Waals surface area contributed by atoms with E-state index in [1.807, 2.05) is 23.6 Å². The molecule has 0 bridgehead atoms. The van der Waals surface area contributed by atoms with Crippen molar-refractivity contribution in [3.63, 3.8) is 0 Å². The Morgan fingerprint density at radius 3 is 2.58 bits per heavy atom. The Hall–Kier alpha value is -1.07. The van der Waals surface area contributed by atoms with Gasteiger partial charge in [-0.05, 0) is 29.1 Å². The molecule has 2 aromatic rings. The number of halogens is 1. The van der Waals surface area contributed by atoms with Crippen LogP contribution in [0.4, 0.5) is 0 Å². The van der Waals surface area contributed by atoms with Crippen LogP contribution in [0.2, 0.25) is 5.02 Å². The SMILES string of the molecule is COc1ccsc1C(O)C(CN)c1ccc(Cl)cc1. The maximum atomic E-state index is 10.5. The first kappa shape index (κ1) is 14.3. The van der Waals surface area contributed by atoms with Gasteiger partial charge in [0.1, 0.15) is 5.75 Å². The Morgan fingerprint density at radius 2 is 2.00 bits per heavy atom. The Morgan fingerprint density at radius 1 is 1.32 bits per heavy atom. The minimum Gasteiger partial charge on any atom is -0.495 e. The Bertz CT molecular complexity index is 526. The van der Waals surface area contributed by atoms with Gasteiger partial charge in [-0.1, -0.05) is 23.7 Å².